The molecule has 0 spiro atoms. The van der Waals surface area contributed by atoms with Gasteiger partial charge in [0.05, 0.1) is 11.4 Å². The van der Waals surface area contributed by atoms with Crippen molar-refractivity contribution in [3.63, 3.8) is 0 Å². The van der Waals surface area contributed by atoms with Gasteiger partial charge in [0.1, 0.15) is 0 Å². The van der Waals surface area contributed by atoms with Crippen molar-refractivity contribution in [1.29, 1.82) is 0 Å². The largest absolute Gasteiger partial charge is 0.338 e. The first-order valence-electron chi connectivity index (χ1n) is 9.14. The van der Waals surface area contributed by atoms with Gasteiger partial charge in [0.2, 0.25) is 11.8 Å². The first-order valence-corrected chi connectivity index (χ1v) is 10.5. The number of aromatic nitrogens is 4. The van der Waals surface area contributed by atoms with Gasteiger partial charge in [-0.1, -0.05) is 58.3 Å². The lowest BCUT2D eigenvalue weighted by Gasteiger charge is -2.10. The van der Waals surface area contributed by atoms with Crippen molar-refractivity contribution in [2.75, 3.05) is 11.1 Å². The zero-order valence-electron chi connectivity index (χ0n) is 16.3. The second-order valence-electron chi connectivity index (χ2n) is 6.65. The molecular formula is C21H18ClN5O2S. The number of benzene rings is 2. The lowest BCUT2D eigenvalue weighted by Crippen LogP contribution is -2.14. The molecule has 152 valence electrons. The van der Waals surface area contributed by atoms with Gasteiger partial charge >= 0.3 is 0 Å². The van der Waals surface area contributed by atoms with Gasteiger partial charge < -0.3 is 4.52 Å². The van der Waals surface area contributed by atoms with Crippen LogP contribution in [0.25, 0.3) is 17.1 Å². The second kappa shape index (κ2) is 8.73. The summed E-state index contributed by atoms with van der Waals surface area (Å²) in [4.78, 5) is 12.3. The van der Waals surface area contributed by atoms with Crippen LogP contribution in [-0.4, -0.2) is 31.6 Å². The van der Waals surface area contributed by atoms with Crippen molar-refractivity contribution in [1.82, 2.24) is 19.9 Å². The number of anilines is 1. The van der Waals surface area contributed by atoms with Crippen molar-refractivity contribution >= 4 is 35.2 Å². The van der Waals surface area contributed by atoms with E-state index in [1.165, 1.54) is 11.8 Å². The van der Waals surface area contributed by atoms with Crippen LogP contribution in [0.4, 0.5) is 5.88 Å². The molecule has 1 N–H and O–H groups in total. The Morgan fingerprint density at radius 3 is 2.50 bits per heavy atom. The maximum Gasteiger partial charge on any atom is 0.237 e. The standard InChI is InChI=1S/C21H18ClN5O2S/c1-13-3-5-15(6-4-13)20-24-25-21(27(20)17-9-7-16(22)8-10-17)30-12-18(28)23-19-11-14(2)26-29-19/h3-11H,12H2,1-2H3,(H,23,28). The van der Waals surface area contributed by atoms with Crippen LogP contribution >= 0.6 is 23.4 Å². The van der Waals surface area contributed by atoms with Crippen LogP contribution < -0.4 is 5.32 Å². The van der Waals surface area contributed by atoms with Crippen LogP contribution in [0.1, 0.15) is 11.3 Å². The molecule has 0 bridgehead atoms. The minimum absolute atomic E-state index is 0.138. The average molecular weight is 440 g/mol. The van der Waals surface area contributed by atoms with Gasteiger partial charge in [-0.2, -0.15) is 0 Å². The van der Waals surface area contributed by atoms with Crippen LogP contribution in [0.3, 0.4) is 0 Å². The molecule has 4 rings (SSSR count). The van der Waals surface area contributed by atoms with E-state index in [-0.39, 0.29) is 11.7 Å². The third-order valence-electron chi connectivity index (χ3n) is 4.25. The fourth-order valence-corrected chi connectivity index (χ4v) is 3.68. The van der Waals surface area contributed by atoms with E-state index in [1.807, 2.05) is 60.0 Å². The van der Waals surface area contributed by atoms with Crippen LogP contribution in [-0.2, 0) is 4.79 Å². The predicted octanol–water partition coefficient (Wildman–Crippen LogP) is 4.92. The molecule has 0 atom stereocenters. The number of rotatable bonds is 6. The molecule has 0 radical (unpaired) electrons. The van der Waals surface area contributed by atoms with Gasteiger partial charge in [-0.25, -0.2) is 0 Å². The van der Waals surface area contributed by atoms with E-state index in [2.05, 4.69) is 20.7 Å². The lowest BCUT2D eigenvalue weighted by molar-refractivity contribution is -0.113. The van der Waals surface area contributed by atoms with E-state index in [9.17, 15) is 4.79 Å². The van der Waals surface area contributed by atoms with E-state index >= 15 is 0 Å². The maximum absolute atomic E-state index is 12.3. The number of nitrogens with zero attached hydrogens (tertiary/aromatic N) is 4. The number of thioether (sulfide) groups is 1. The van der Waals surface area contributed by atoms with Crippen LogP contribution in [0.2, 0.25) is 5.02 Å². The number of hydrogen-bond donors (Lipinski definition) is 1. The Morgan fingerprint density at radius 2 is 1.83 bits per heavy atom. The SMILES string of the molecule is Cc1ccc(-c2nnc(SCC(=O)Nc3cc(C)no3)n2-c2ccc(Cl)cc2)cc1. The number of carbonyl (C=O) groups is 1. The van der Waals surface area contributed by atoms with E-state index < -0.39 is 0 Å². The quantitative estimate of drug-likeness (QED) is 0.429. The van der Waals surface area contributed by atoms with Crippen LogP contribution in [0.5, 0.6) is 0 Å². The third-order valence-corrected chi connectivity index (χ3v) is 5.43. The number of halogens is 1. The van der Waals surface area contributed by atoms with Gasteiger partial charge in [0.15, 0.2) is 11.0 Å². The fraction of sp³-hybridized carbons (Fsp3) is 0.143. The zero-order valence-corrected chi connectivity index (χ0v) is 17.9. The maximum atomic E-state index is 12.3. The number of nitrogens with one attached hydrogen (secondary N) is 1. The Labute approximate surface area is 182 Å². The smallest absolute Gasteiger partial charge is 0.237 e. The van der Waals surface area contributed by atoms with Crippen LogP contribution in [0.15, 0.2) is 64.3 Å². The molecule has 7 nitrogen and oxygen atoms in total. The van der Waals surface area contributed by atoms with Gasteiger partial charge in [-0.3, -0.25) is 14.7 Å². The highest BCUT2D eigenvalue weighted by Crippen LogP contribution is 2.29. The number of hydrogen-bond acceptors (Lipinski definition) is 6. The summed E-state index contributed by atoms with van der Waals surface area (Å²) in [5, 5.41) is 16.4. The first-order chi connectivity index (χ1) is 14.5. The Morgan fingerprint density at radius 1 is 1.10 bits per heavy atom. The molecule has 4 aromatic rings. The summed E-state index contributed by atoms with van der Waals surface area (Å²) in [5.74, 6) is 0.918. The van der Waals surface area contributed by atoms with Crippen molar-refractivity contribution < 1.29 is 9.32 Å². The Kier molecular flexibility index (Phi) is 5.87. The Balaban J connectivity index is 1.61. The zero-order chi connectivity index (χ0) is 21.1. The minimum Gasteiger partial charge on any atom is -0.338 e. The number of aryl methyl sites for hydroxylation is 2. The predicted molar refractivity (Wildman–Crippen MR) is 117 cm³/mol. The Hall–Kier alpha value is -3.10. The number of amides is 1. The summed E-state index contributed by atoms with van der Waals surface area (Å²) >= 11 is 7.34. The topological polar surface area (TPSA) is 85.8 Å². The Bertz CT molecular complexity index is 1170. The van der Waals surface area contributed by atoms with E-state index in [0.29, 0.717) is 27.6 Å². The first kappa shape index (κ1) is 20.2. The lowest BCUT2D eigenvalue weighted by atomic mass is 10.1. The summed E-state index contributed by atoms with van der Waals surface area (Å²) in [6, 6.07) is 17.1. The summed E-state index contributed by atoms with van der Waals surface area (Å²) in [5.41, 5.74) is 3.64. The molecule has 0 saturated heterocycles. The summed E-state index contributed by atoms with van der Waals surface area (Å²) in [7, 11) is 0. The molecule has 2 aromatic heterocycles. The molecular weight excluding hydrogens is 422 g/mol. The van der Waals surface area contributed by atoms with Gasteiger partial charge in [-0.15, -0.1) is 10.2 Å². The molecule has 1 amide bonds. The minimum atomic E-state index is -0.223. The van der Waals surface area contributed by atoms with E-state index in [1.54, 1.807) is 13.0 Å². The summed E-state index contributed by atoms with van der Waals surface area (Å²) in [6.45, 7) is 3.82. The van der Waals surface area contributed by atoms with Gasteiger partial charge in [0.25, 0.3) is 0 Å². The molecule has 2 aromatic carbocycles. The van der Waals surface area contributed by atoms with Gasteiger partial charge in [-0.05, 0) is 38.1 Å². The molecule has 2 heterocycles. The molecule has 30 heavy (non-hydrogen) atoms. The van der Waals surface area contributed by atoms with Crippen LogP contribution in [0, 0.1) is 13.8 Å². The molecule has 9 heteroatoms. The summed E-state index contributed by atoms with van der Waals surface area (Å²) < 4.78 is 6.94. The highest BCUT2D eigenvalue weighted by Gasteiger charge is 2.18. The second-order valence-corrected chi connectivity index (χ2v) is 8.03. The fourth-order valence-electron chi connectivity index (χ4n) is 2.80. The van der Waals surface area contributed by atoms with E-state index in [4.69, 9.17) is 16.1 Å². The molecule has 0 aliphatic heterocycles. The third kappa shape index (κ3) is 4.55. The molecule has 0 saturated carbocycles. The molecule has 0 fully saturated rings. The van der Waals surface area contributed by atoms with Gasteiger partial charge in [0, 0.05) is 22.3 Å². The monoisotopic (exact) mass is 439 g/mol. The average Bonchev–Trinajstić information content (AvgIpc) is 3.34. The normalized spacial score (nSPS) is 10.9. The van der Waals surface area contributed by atoms with Crippen molar-refractivity contribution in [2.24, 2.45) is 0 Å². The molecule has 0 aliphatic carbocycles. The molecule has 0 unspecified atom stereocenters. The van der Waals surface area contributed by atoms with E-state index in [0.717, 1.165) is 16.8 Å². The number of carbonyl (C=O) groups excluding carboxylic acids is 1. The van der Waals surface area contributed by atoms with Crippen molar-refractivity contribution in [3.05, 3.63) is 70.9 Å². The highest BCUT2D eigenvalue weighted by atomic mass is 35.5. The summed E-state index contributed by atoms with van der Waals surface area (Å²) in [6.07, 6.45) is 0. The highest BCUT2D eigenvalue weighted by molar-refractivity contribution is 7.99. The van der Waals surface area contributed by atoms with Crippen molar-refractivity contribution in [2.45, 2.75) is 19.0 Å². The molecule has 0 aliphatic rings. The van der Waals surface area contributed by atoms with Crippen molar-refractivity contribution in [3.8, 4) is 17.1 Å².